The highest BCUT2D eigenvalue weighted by atomic mass is 28.4. The van der Waals surface area contributed by atoms with Crippen molar-refractivity contribution >= 4 is 25.8 Å². The molecule has 0 bridgehead atoms. The van der Waals surface area contributed by atoms with Crippen LogP contribution < -0.4 is 15.5 Å². The van der Waals surface area contributed by atoms with E-state index in [1.165, 1.54) is 18.2 Å². The van der Waals surface area contributed by atoms with Gasteiger partial charge in [-0.05, 0) is 74.8 Å². The molecule has 1 aromatic heterocycles. The lowest BCUT2D eigenvalue weighted by atomic mass is 9.92. The number of carbonyl (C=O) groups excluding carboxylic acids is 1. The Labute approximate surface area is 272 Å². The Morgan fingerprint density at radius 1 is 1.00 bits per heavy atom. The molecule has 0 saturated carbocycles. The summed E-state index contributed by atoms with van der Waals surface area (Å²) in [5.74, 6) is -2.32. The van der Waals surface area contributed by atoms with Crippen molar-refractivity contribution in [3.63, 3.8) is 0 Å². The molecule has 46 heavy (non-hydrogen) atoms. The topological polar surface area (TPSA) is 75.7 Å². The fourth-order valence-corrected chi connectivity index (χ4v) is 6.82. The Balaban J connectivity index is 1.59. The van der Waals surface area contributed by atoms with Crippen molar-refractivity contribution in [2.45, 2.75) is 90.9 Å². The van der Waals surface area contributed by atoms with Crippen LogP contribution >= 0.6 is 0 Å². The molecule has 1 fully saturated rings. The van der Waals surface area contributed by atoms with E-state index in [9.17, 15) is 18.0 Å². The molecular formula is C35H47F3N4O3Si. The van der Waals surface area contributed by atoms with Gasteiger partial charge in [0.2, 0.25) is 0 Å². The number of piperidine rings is 1. The first-order valence-corrected chi connectivity index (χ1v) is 18.6. The number of ether oxygens (including phenoxy) is 1. The number of pyridine rings is 1. The second-order valence-corrected chi connectivity index (χ2v) is 19.4. The predicted octanol–water partition coefficient (Wildman–Crippen LogP) is 8.52. The zero-order valence-electron chi connectivity index (χ0n) is 28.3. The van der Waals surface area contributed by atoms with Gasteiger partial charge in [-0.1, -0.05) is 39.8 Å². The predicted molar refractivity (Wildman–Crippen MR) is 180 cm³/mol. The maximum atomic E-state index is 14.7. The van der Waals surface area contributed by atoms with Gasteiger partial charge in [-0.3, -0.25) is 4.98 Å². The molecule has 0 aliphatic carbocycles. The molecule has 11 heteroatoms. The molecule has 4 rings (SSSR count). The highest BCUT2D eigenvalue weighted by Crippen LogP contribution is 2.40. The van der Waals surface area contributed by atoms with E-state index in [1.807, 2.05) is 26.8 Å². The average molecular weight is 657 g/mol. The van der Waals surface area contributed by atoms with Crippen LogP contribution in [0.5, 0.6) is 0 Å². The number of nitrogens with zero attached hydrogens (tertiary/aromatic N) is 2. The van der Waals surface area contributed by atoms with E-state index in [-0.39, 0.29) is 35.2 Å². The van der Waals surface area contributed by atoms with Crippen molar-refractivity contribution in [3.05, 3.63) is 77.9 Å². The summed E-state index contributed by atoms with van der Waals surface area (Å²) in [6.07, 6.45) is 2.69. The molecule has 1 amide bonds. The third-order valence-electron chi connectivity index (χ3n) is 8.71. The van der Waals surface area contributed by atoms with E-state index in [2.05, 4.69) is 61.3 Å². The van der Waals surface area contributed by atoms with E-state index in [4.69, 9.17) is 9.16 Å². The summed E-state index contributed by atoms with van der Waals surface area (Å²) < 4.78 is 56.2. The summed E-state index contributed by atoms with van der Waals surface area (Å²) in [7, 11) is -2.18. The number of nitrogens with one attached hydrogen (secondary N) is 2. The van der Waals surface area contributed by atoms with Crippen LogP contribution in [-0.2, 0) is 15.7 Å². The standard InChI is InChI=1S/C35H47F3N4O3Si/c1-22-20-42(21-29(41-33(43)44-34(2,3)4)32(22)45-46(8,9)35(5,6)7)30-15-16-39-19-28(30)40-18-23-13-14-25(36)24(17-23)31-26(37)11-10-12-27(31)38/h10-17,19,22,29,32,40H,18,20-21H2,1-9H3,(H,41,43)/t22-,29+,32?/m0/s1. The van der Waals surface area contributed by atoms with E-state index >= 15 is 0 Å². The van der Waals surface area contributed by atoms with Gasteiger partial charge in [-0.2, -0.15) is 0 Å². The summed E-state index contributed by atoms with van der Waals surface area (Å²) in [5, 5.41) is 6.47. The first-order chi connectivity index (χ1) is 21.4. The van der Waals surface area contributed by atoms with Crippen molar-refractivity contribution in [3.8, 4) is 11.1 Å². The number of aromatic nitrogens is 1. The van der Waals surface area contributed by atoms with Crippen LogP contribution in [0.15, 0.2) is 54.9 Å². The number of amides is 1. The second kappa shape index (κ2) is 13.7. The highest BCUT2D eigenvalue weighted by molar-refractivity contribution is 6.74. The lowest BCUT2D eigenvalue weighted by Gasteiger charge is -2.48. The second-order valence-electron chi connectivity index (χ2n) is 14.6. The maximum Gasteiger partial charge on any atom is 0.408 e. The Morgan fingerprint density at radius 3 is 2.30 bits per heavy atom. The molecule has 1 aliphatic rings. The van der Waals surface area contributed by atoms with Crippen molar-refractivity contribution in [1.82, 2.24) is 10.3 Å². The number of benzene rings is 2. The number of alkyl carbamates (subject to hydrolysis) is 1. The Bertz CT molecular complexity index is 1520. The number of halogens is 3. The summed E-state index contributed by atoms with van der Waals surface area (Å²) in [5.41, 5.74) is 1.02. The fourth-order valence-electron chi connectivity index (χ4n) is 5.39. The summed E-state index contributed by atoms with van der Waals surface area (Å²) >= 11 is 0. The summed E-state index contributed by atoms with van der Waals surface area (Å²) in [6.45, 7) is 20.0. The SMILES string of the molecule is C[C@H]1CN(c2ccncc2NCc2ccc(F)c(-c3c(F)cccc3F)c2)C[C@@H](NC(=O)OC(C)(C)C)C1O[Si](C)(C)C(C)(C)C. The molecule has 2 aromatic carbocycles. The first-order valence-electron chi connectivity index (χ1n) is 15.7. The number of hydrogen-bond acceptors (Lipinski definition) is 6. The van der Waals surface area contributed by atoms with Gasteiger partial charge < -0.3 is 24.7 Å². The van der Waals surface area contributed by atoms with Gasteiger partial charge in [0, 0.05) is 37.3 Å². The van der Waals surface area contributed by atoms with Crippen molar-refractivity contribution in [2.24, 2.45) is 5.92 Å². The molecule has 2 heterocycles. The van der Waals surface area contributed by atoms with Gasteiger partial charge in [0.05, 0.1) is 35.3 Å². The van der Waals surface area contributed by atoms with Gasteiger partial charge in [-0.25, -0.2) is 18.0 Å². The van der Waals surface area contributed by atoms with Gasteiger partial charge in [0.25, 0.3) is 0 Å². The van der Waals surface area contributed by atoms with Crippen LogP contribution in [0.2, 0.25) is 18.1 Å². The Kier molecular flexibility index (Phi) is 10.5. The highest BCUT2D eigenvalue weighted by Gasteiger charge is 2.45. The maximum absolute atomic E-state index is 14.7. The van der Waals surface area contributed by atoms with Gasteiger partial charge in [0.15, 0.2) is 8.32 Å². The van der Waals surface area contributed by atoms with Gasteiger partial charge in [0.1, 0.15) is 23.1 Å². The monoisotopic (exact) mass is 656 g/mol. The minimum absolute atomic E-state index is 0.0131. The van der Waals surface area contributed by atoms with Gasteiger partial charge in [-0.15, -0.1) is 0 Å². The molecule has 1 unspecified atom stereocenters. The van der Waals surface area contributed by atoms with Crippen LogP contribution in [0.1, 0.15) is 54.0 Å². The van der Waals surface area contributed by atoms with Crippen molar-refractivity contribution < 1.29 is 27.1 Å². The van der Waals surface area contributed by atoms with Crippen LogP contribution in [-0.4, -0.2) is 50.2 Å². The van der Waals surface area contributed by atoms with E-state index < -0.39 is 43.0 Å². The number of hydrogen-bond donors (Lipinski definition) is 2. The minimum Gasteiger partial charge on any atom is -0.444 e. The quantitative estimate of drug-likeness (QED) is 0.237. The minimum atomic E-state index is -2.18. The van der Waals surface area contributed by atoms with E-state index in [0.717, 1.165) is 23.5 Å². The molecule has 1 saturated heterocycles. The number of anilines is 2. The lowest BCUT2D eigenvalue weighted by Crippen LogP contribution is -2.62. The number of rotatable bonds is 8. The molecule has 250 valence electrons. The van der Waals surface area contributed by atoms with E-state index in [1.54, 1.807) is 18.5 Å². The summed E-state index contributed by atoms with van der Waals surface area (Å²) in [6, 6.07) is 9.25. The van der Waals surface area contributed by atoms with E-state index in [0.29, 0.717) is 18.7 Å². The van der Waals surface area contributed by atoms with Crippen LogP contribution in [0.4, 0.5) is 29.3 Å². The molecule has 3 aromatic rings. The molecule has 7 nitrogen and oxygen atoms in total. The van der Waals surface area contributed by atoms with Crippen molar-refractivity contribution in [1.29, 1.82) is 0 Å². The number of carbonyl (C=O) groups is 1. The average Bonchev–Trinajstić information content (AvgIpc) is 2.93. The first kappa shape index (κ1) is 35.3. The summed E-state index contributed by atoms with van der Waals surface area (Å²) in [4.78, 5) is 19.5. The Morgan fingerprint density at radius 2 is 1.67 bits per heavy atom. The van der Waals surface area contributed by atoms with Crippen LogP contribution in [0.25, 0.3) is 11.1 Å². The fraction of sp³-hybridized carbons (Fsp3) is 0.486. The zero-order chi connectivity index (χ0) is 34.0. The molecule has 3 atom stereocenters. The molecule has 0 radical (unpaired) electrons. The zero-order valence-corrected chi connectivity index (χ0v) is 29.3. The molecule has 0 spiro atoms. The largest absolute Gasteiger partial charge is 0.444 e. The molecule has 1 aliphatic heterocycles. The van der Waals surface area contributed by atoms with Crippen LogP contribution in [0.3, 0.4) is 0 Å². The third-order valence-corrected chi connectivity index (χ3v) is 13.2. The molecular weight excluding hydrogens is 609 g/mol. The lowest BCUT2D eigenvalue weighted by molar-refractivity contribution is 0.0336. The smallest absolute Gasteiger partial charge is 0.408 e. The van der Waals surface area contributed by atoms with Crippen molar-refractivity contribution in [2.75, 3.05) is 23.3 Å². The van der Waals surface area contributed by atoms with Crippen LogP contribution in [0, 0.1) is 23.4 Å². The molecule has 2 N–H and O–H groups in total. The Hall–Kier alpha value is -3.57. The van der Waals surface area contributed by atoms with Gasteiger partial charge >= 0.3 is 6.09 Å². The normalized spacial score (nSPS) is 19.1. The third kappa shape index (κ3) is 8.41.